The van der Waals surface area contributed by atoms with E-state index in [9.17, 15) is 45.0 Å². The van der Waals surface area contributed by atoms with Crippen molar-refractivity contribution in [1.82, 2.24) is 0 Å². The van der Waals surface area contributed by atoms with Crippen LogP contribution in [0.4, 0.5) is 0 Å². The van der Waals surface area contributed by atoms with E-state index in [1.165, 1.54) is 39.0 Å². The van der Waals surface area contributed by atoms with Gasteiger partial charge in [0.15, 0.2) is 17.3 Å². The smallest absolute Gasteiger partial charge is 0.373 e. The molecule has 0 aliphatic heterocycles. The highest BCUT2D eigenvalue weighted by molar-refractivity contribution is 5.86. The number of aliphatic hydroxyl groups excluding tert-OH is 6. The average Bonchev–Trinajstić information content (AvgIpc) is 3.00. The summed E-state index contributed by atoms with van der Waals surface area (Å²) in [6.07, 6.45) is -1.79. The van der Waals surface area contributed by atoms with Gasteiger partial charge in [-0.1, -0.05) is 0 Å². The number of carbonyl (C=O) groups excluding carboxylic acids is 3. The van der Waals surface area contributed by atoms with Gasteiger partial charge >= 0.3 is 17.9 Å². The van der Waals surface area contributed by atoms with Crippen molar-refractivity contribution in [3.8, 4) is 0 Å². The summed E-state index contributed by atoms with van der Waals surface area (Å²) in [4.78, 5) is 34.3. The first-order valence-corrected chi connectivity index (χ1v) is 13.4. The summed E-state index contributed by atoms with van der Waals surface area (Å²) in [5.41, 5.74) is 0. The lowest BCUT2D eigenvalue weighted by Gasteiger charge is -2.29. The molecule has 0 aromatic heterocycles. The topological polar surface area (TPSA) is 228 Å². The fourth-order valence-corrected chi connectivity index (χ4v) is 2.88. The molecule has 0 aromatic carbocycles. The van der Waals surface area contributed by atoms with Gasteiger partial charge in [-0.2, -0.15) is 0 Å². The molecule has 0 radical (unpaired) electrons. The van der Waals surface area contributed by atoms with Gasteiger partial charge in [-0.25, -0.2) is 14.4 Å². The molecule has 0 aliphatic rings. The van der Waals surface area contributed by atoms with Crippen molar-refractivity contribution in [2.75, 3.05) is 52.9 Å². The molecule has 242 valence electrons. The van der Waals surface area contributed by atoms with Gasteiger partial charge in [0.1, 0.15) is 24.4 Å². The maximum Gasteiger partial charge on any atom is 0.373 e. The fraction of sp³-hybridized carbons (Fsp3) is 0.667. The van der Waals surface area contributed by atoms with Gasteiger partial charge in [-0.3, -0.25) is 0 Å². The van der Waals surface area contributed by atoms with Crippen LogP contribution < -0.4 is 0 Å². The van der Waals surface area contributed by atoms with Crippen LogP contribution in [-0.2, 0) is 42.8 Å². The Labute approximate surface area is 244 Å². The first kappa shape index (κ1) is 38.8. The second-order valence-electron chi connectivity index (χ2n) is 8.60. The Hall–Kier alpha value is -3.21. The van der Waals surface area contributed by atoms with E-state index in [0.717, 1.165) is 0 Å². The standard InChI is InChI=1S/C27H44O15/c1-4-18(28)25(34)40-13-7-10-37-16-21(31)23(32)24(33)22(39-12-9-15-42-27(36)20(30)6-3)17-38-11-8-14-41-26(35)19(29)5-2/h4-6,21-24,28-33H,7-17H2,1-3H3. The van der Waals surface area contributed by atoms with Gasteiger partial charge in [0.05, 0.1) is 39.6 Å². The lowest BCUT2D eigenvalue weighted by atomic mass is 10.0. The zero-order valence-electron chi connectivity index (χ0n) is 24.2. The van der Waals surface area contributed by atoms with Gasteiger partial charge in [0, 0.05) is 32.5 Å². The number of hydrogen-bond acceptors (Lipinski definition) is 15. The molecule has 15 nitrogen and oxygen atoms in total. The van der Waals surface area contributed by atoms with Crippen molar-refractivity contribution >= 4 is 17.9 Å². The fourth-order valence-electron chi connectivity index (χ4n) is 2.88. The average molecular weight is 609 g/mol. The van der Waals surface area contributed by atoms with E-state index < -0.39 is 59.6 Å². The van der Waals surface area contributed by atoms with E-state index in [-0.39, 0.29) is 72.1 Å². The number of carbonyl (C=O) groups is 3. The number of esters is 3. The molecule has 15 heteroatoms. The third-order valence-corrected chi connectivity index (χ3v) is 5.33. The highest BCUT2D eigenvalue weighted by Gasteiger charge is 2.32. The van der Waals surface area contributed by atoms with E-state index in [1.807, 2.05) is 0 Å². The summed E-state index contributed by atoms with van der Waals surface area (Å²) in [5, 5.41) is 59.2. The zero-order chi connectivity index (χ0) is 31.9. The van der Waals surface area contributed by atoms with Gasteiger partial charge in [-0.15, -0.1) is 0 Å². The van der Waals surface area contributed by atoms with Crippen LogP contribution in [0.2, 0.25) is 0 Å². The Kier molecular flexibility index (Phi) is 21.6. The van der Waals surface area contributed by atoms with Crippen LogP contribution in [0.25, 0.3) is 0 Å². The van der Waals surface area contributed by atoms with Crippen molar-refractivity contribution in [3.63, 3.8) is 0 Å². The second kappa shape index (κ2) is 23.4. The SMILES string of the molecule is CC=C(O)C(=O)OCCCOCC(O)C(O)C(O)C(COCCCOC(=O)C(O)=CC)OCCCOC(=O)C(O)=CC. The third-order valence-electron chi connectivity index (χ3n) is 5.33. The molecule has 0 aromatic rings. The van der Waals surface area contributed by atoms with Gasteiger partial charge in [0.25, 0.3) is 0 Å². The second-order valence-corrected chi connectivity index (χ2v) is 8.60. The molecule has 0 saturated heterocycles. The van der Waals surface area contributed by atoms with Crippen LogP contribution in [0.5, 0.6) is 0 Å². The summed E-state index contributed by atoms with van der Waals surface area (Å²) < 4.78 is 30.8. The normalized spacial score (nSPS) is 15.4. The lowest BCUT2D eigenvalue weighted by molar-refractivity contribution is -0.154. The van der Waals surface area contributed by atoms with Crippen molar-refractivity contribution in [2.24, 2.45) is 0 Å². The van der Waals surface area contributed by atoms with Gasteiger partial charge < -0.3 is 59.1 Å². The minimum atomic E-state index is -1.71. The summed E-state index contributed by atoms with van der Waals surface area (Å²) in [5.74, 6) is -4.26. The van der Waals surface area contributed by atoms with E-state index in [4.69, 9.17) is 28.4 Å². The molecule has 0 rings (SSSR count). The summed E-state index contributed by atoms with van der Waals surface area (Å²) in [6.45, 7) is 3.66. The number of hydrogen-bond donors (Lipinski definition) is 6. The van der Waals surface area contributed by atoms with Crippen LogP contribution in [-0.4, -0.2) is 126 Å². The Morgan fingerprint density at radius 1 is 0.571 bits per heavy atom. The largest absolute Gasteiger partial charge is 0.502 e. The Morgan fingerprint density at radius 3 is 1.36 bits per heavy atom. The molecule has 42 heavy (non-hydrogen) atoms. The molecule has 4 unspecified atom stereocenters. The molecule has 0 spiro atoms. The van der Waals surface area contributed by atoms with Crippen LogP contribution in [0.1, 0.15) is 40.0 Å². The number of allylic oxidation sites excluding steroid dienone is 3. The molecular weight excluding hydrogens is 564 g/mol. The summed E-state index contributed by atoms with van der Waals surface area (Å²) in [6, 6.07) is 0. The van der Waals surface area contributed by atoms with E-state index in [2.05, 4.69) is 0 Å². The molecule has 0 heterocycles. The molecular formula is C27H44O15. The summed E-state index contributed by atoms with van der Waals surface area (Å²) >= 11 is 0. The highest BCUT2D eigenvalue weighted by Crippen LogP contribution is 2.11. The van der Waals surface area contributed by atoms with Gasteiger partial charge in [0.2, 0.25) is 0 Å². The van der Waals surface area contributed by atoms with Crippen LogP contribution in [0.15, 0.2) is 35.5 Å². The van der Waals surface area contributed by atoms with E-state index in [0.29, 0.717) is 0 Å². The van der Waals surface area contributed by atoms with Crippen molar-refractivity contribution in [2.45, 2.75) is 64.4 Å². The quantitative estimate of drug-likeness (QED) is 0.0308. The predicted molar refractivity (Wildman–Crippen MR) is 145 cm³/mol. The maximum atomic E-state index is 11.5. The lowest BCUT2D eigenvalue weighted by Crippen LogP contribution is -2.49. The monoisotopic (exact) mass is 608 g/mol. The first-order chi connectivity index (χ1) is 20.0. The van der Waals surface area contributed by atoms with Crippen LogP contribution in [0.3, 0.4) is 0 Å². The Bertz CT molecular complexity index is 883. The maximum absolute atomic E-state index is 11.5. The predicted octanol–water partition coefficient (Wildman–Crippen LogP) is 0.673. The summed E-state index contributed by atoms with van der Waals surface area (Å²) in [7, 11) is 0. The minimum absolute atomic E-state index is 0.0456. The molecule has 0 fully saturated rings. The van der Waals surface area contributed by atoms with Crippen LogP contribution >= 0.6 is 0 Å². The number of aliphatic hydroxyl groups is 6. The van der Waals surface area contributed by atoms with Gasteiger partial charge in [-0.05, 0) is 39.0 Å². The molecule has 0 bridgehead atoms. The molecule has 0 aliphatic carbocycles. The van der Waals surface area contributed by atoms with Crippen LogP contribution in [0, 0.1) is 0 Å². The molecule has 4 atom stereocenters. The zero-order valence-corrected chi connectivity index (χ0v) is 24.2. The number of ether oxygens (including phenoxy) is 6. The Balaban J connectivity index is 4.74. The molecule has 6 N–H and O–H groups in total. The third kappa shape index (κ3) is 16.9. The minimum Gasteiger partial charge on any atom is -0.502 e. The first-order valence-electron chi connectivity index (χ1n) is 13.4. The van der Waals surface area contributed by atoms with E-state index in [1.54, 1.807) is 0 Å². The van der Waals surface area contributed by atoms with Crippen molar-refractivity contribution in [3.05, 3.63) is 35.5 Å². The van der Waals surface area contributed by atoms with Crippen molar-refractivity contribution in [1.29, 1.82) is 0 Å². The highest BCUT2D eigenvalue weighted by atomic mass is 16.6. The Morgan fingerprint density at radius 2 is 0.952 bits per heavy atom. The van der Waals surface area contributed by atoms with Crippen molar-refractivity contribution < 1.29 is 73.4 Å². The molecule has 0 amide bonds. The number of rotatable bonds is 23. The molecule has 0 saturated carbocycles. The van der Waals surface area contributed by atoms with E-state index >= 15 is 0 Å².